The Morgan fingerprint density at radius 1 is 0.955 bits per heavy atom. The van der Waals surface area contributed by atoms with E-state index in [1.807, 2.05) is 18.2 Å². The van der Waals surface area contributed by atoms with Gasteiger partial charge < -0.3 is 4.74 Å². The number of hydrogen-bond acceptors (Lipinski definition) is 2. The van der Waals surface area contributed by atoms with E-state index in [4.69, 9.17) is 4.74 Å². The maximum absolute atomic E-state index is 11.8. The first-order valence-corrected chi connectivity index (χ1v) is 8.96. The molecule has 124 valence electrons. The molecule has 2 nitrogen and oxygen atoms in total. The summed E-state index contributed by atoms with van der Waals surface area (Å²) in [7, 11) is 0. The molecule has 1 rings (SSSR count). The summed E-state index contributed by atoms with van der Waals surface area (Å²) in [6.07, 6.45) is 11.7. The number of benzene rings is 1. The minimum absolute atomic E-state index is 0.205. The van der Waals surface area contributed by atoms with Gasteiger partial charge in [-0.2, -0.15) is 0 Å². The highest BCUT2D eigenvalue weighted by Gasteiger charge is 2.07. The third-order valence-corrected chi connectivity index (χ3v) is 4.15. The van der Waals surface area contributed by atoms with Crippen LogP contribution in [0.15, 0.2) is 30.3 Å². The van der Waals surface area contributed by atoms with E-state index in [1.165, 1.54) is 51.4 Å². The number of unbranched alkanes of at least 4 members (excludes halogenated alkanes) is 6. The first kappa shape index (κ1) is 18.7. The molecule has 0 aliphatic carbocycles. The van der Waals surface area contributed by atoms with E-state index in [9.17, 15) is 4.79 Å². The van der Waals surface area contributed by atoms with Gasteiger partial charge >= 0.3 is 5.97 Å². The van der Waals surface area contributed by atoms with Crippen LogP contribution in [0.2, 0.25) is 0 Å². The van der Waals surface area contributed by atoms with Crippen LogP contribution in [0.5, 0.6) is 0 Å². The lowest BCUT2D eigenvalue weighted by atomic mass is 9.99. The largest absolute Gasteiger partial charge is 0.462 e. The molecule has 0 saturated carbocycles. The minimum atomic E-state index is -0.205. The number of carbonyl (C=O) groups excluding carboxylic acids is 1. The fraction of sp³-hybridized carbons (Fsp3) is 0.650. The molecule has 0 aromatic heterocycles. The highest BCUT2D eigenvalue weighted by Crippen LogP contribution is 2.15. The quantitative estimate of drug-likeness (QED) is 0.349. The van der Waals surface area contributed by atoms with E-state index >= 15 is 0 Å². The van der Waals surface area contributed by atoms with Gasteiger partial charge in [0.25, 0.3) is 0 Å². The lowest BCUT2D eigenvalue weighted by molar-refractivity contribution is 0.0483. The van der Waals surface area contributed by atoms with E-state index in [2.05, 4.69) is 13.8 Å². The van der Waals surface area contributed by atoms with Gasteiger partial charge in [0.05, 0.1) is 12.2 Å². The fourth-order valence-corrected chi connectivity index (χ4v) is 2.60. The summed E-state index contributed by atoms with van der Waals surface area (Å²) in [4.78, 5) is 11.8. The van der Waals surface area contributed by atoms with Gasteiger partial charge in [-0.05, 0) is 24.5 Å². The third-order valence-electron chi connectivity index (χ3n) is 4.15. The molecule has 1 aromatic carbocycles. The second kappa shape index (κ2) is 12.3. The van der Waals surface area contributed by atoms with Crippen LogP contribution in [-0.4, -0.2) is 12.6 Å². The van der Waals surface area contributed by atoms with E-state index in [-0.39, 0.29) is 5.97 Å². The van der Waals surface area contributed by atoms with Crippen LogP contribution in [0.25, 0.3) is 0 Å². The van der Waals surface area contributed by atoms with Gasteiger partial charge in [-0.3, -0.25) is 0 Å². The summed E-state index contributed by atoms with van der Waals surface area (Å²) in [6, 6.07) is 9.22. The molecule has 1 aromatic rings. The van der Waals surface area contributed by atoms with Crippen LogP contribution in [0, 0.1) is 5.92 Å². The van der Waals surface area contributed by atoms with Gasteiger partial charge in [0.2, 0.25) is 0 Å². The van der Waals surface area contributed by atoms with Crippen molar-refractivity contribution in [3.8, 4) is 0 Å². The van der Waals surface area contributed by atoms with Gasteiger partial charge in [0.15, 0.2) is 0 Å². The Hall–Kier alpha value is -1.31. The Bertz CT molecular complexity index is 386. The predicted molar refractivity (Wildman–Crippen MR) is 93.1 cm³/mol. The smallest absolute Gasteiger partial charge is 0.338 e. The Morgan fingerprint density at radius 3 is 2.27 bits per heavy atom. The van der Waals surface area contributed by atoms with E-state index in [1.54, 1.807) is 12.1 Å². The minimum Gasteiger partial charge on any atom is -0.462 e. The lowest BCUT2D eigenvalue weighted by Gasteiger charge is -2.11. The molecule has 1 atom stereocenters. The molecule has 0 N–H and O–H groups in total. The molecule has 0 bridgehead atoms. The first-order chi connectivity index (χ1) is 10.7. The zero-order valence-corrected chi connectivity index (χ0v) is 14.4. The number of hydrogen-bond donors (Lipinski definition) is 0. The highest BCUT2D eigenvalue weighted by atomic mass is 16.5. The van der Waals surface area contributed by atoms with Crippen LogP contribution in [0.1, 0.15) is 82.0 Å². The average Bonchev–Trinajstić information content (AvgIpc) is 2.54. The van der Waals surface area contributed by atoms with Gasteiger partial charge in [-0.25, -0.2) is 4.79 Å². The Kier molecular flexibility index (Phi) is 10.4. The maximum atomic E-state index is 11.8. The summed E-state index contributed by atoms with van der Waals surface area (Å²) in [5.41, 5.74) is 0.641. The molecule has 0 heterocycles. The normalized spacial score (nSPS) is 12.1. The monoisotopic (exact) mass is 304 g/mol. The van der Waals surface area contributed by atoms with Crippen molar-refractivity contribution in [2.75, 3.05) is 6.61 Å². The zero-order valence-electron chi connectivity index (χ0n) is 14.4. The molecule has 0 fully saturated rings. The first-order valence-electron chi connectivity index (χ1n) is 8.96. The van der Waals surface area contributed by atoms with Crippen LogP contribution < -0.4 is 0 Å². The molecule has 22 heavy (non-hydrogen) atoms. The Morgan fingerprint density at radius 2 is 1.59 bits per heavy atom. The second-order valence-electron chi connectivity index (χ2n) is 6.31. The number of rotatable bonds is 12. The van der Waals surface area contributed by atoms with Crippen molar-refractivity contribution in [2.24, 2.45) is 5.92 Å². The molecule has 0 spiro atoms. The van der Waals surface area contributed by atoms with Crippen molar-refractivity contribution in [1.82, 2.24) is 0 Å². The molecule has 0 aliphatic heterocycles. The van der Waals surface area contributed by atoms with Gasteiger partial charge in [0, 0.05) is 0 Å². The molecule has 0 radical (unpaired) electrons. The molecule has 2 heteroatoms. The van der Waals surface area contributed by atoms with Crippen molar-refractivity contribution in [3.63, 3.8) is 0 Å². The molecule has 1 unspecified atom stereocenters. The van der Waals surface area contributed by atoms with Gasteiger partial charge in [-0.15, -0.1) is 0 Å². The van der Waals surface area contributed by atoms with Crippen molar-refractivity contribution in [2.45, 2.75) is 71.6 Å². The highest BCUT2D eigenvalue weighted by molar-refractivity contribution is 5.89. The molecule has 0 saturated heterocycles. The fourth-order valence-electron chi connectivity index (χ4n) is 2.60. The van der Waals surface area contributed by atoms with Gasteiger partial charge in [-0.1, -0.05) is 83.4 Å². The van der Waals surface area contributed by atoms with Crippen LogP contribution in [0.4, 0.5) is 0 Å². The molecule has 0 aliphatic rings. The molecular weight excluding hydrogens is 272 g/mol. The van der Waals surface area contributed by atoms with Crippen molar-refractivity contribution in [1.29, 1.82) is 0 Å². The van der Waals surface area contributed by atoms with Crippen LogP contribution in [0.3, 0.4) is 0 Å². The standard InChI is InChI=1S/C20H32O2/c1-3-4-5-6-7-8-10-13-18(2)16-17-22-20(21)19-14-11-9-12-15-19/h9,11-12,14-15,18H,3-8,10,13,16-17H2,1-2H3. The summed E-state index contributed by atoms with van der Waals surface area (Å²) in [5, 5.41) is 0. The molecular formula is C20H32O2. The average molecular weight is 304 g/mol. The van der Waals surface area contributed by atoms with E-state index in [0.29, 0.717) is 18.1 Å². The SMILES string of the molecule is CCCCCCCCCC(C)CCOC(=O)c1ccccc1. The Labute approximate surface area is 136 Å². The third kappa shape index (κ3) is 8.86. The topological polar surface area (TPSA) is 26.3 Å². The predicted octanol–water partition coefficient (Wildman–Crippen LogP) is 6.01. The summed E-state index contributed by atoms with van der Waals surface area (Å²) < 4.78 is 5.33. The lowest BCUT2D eigenvalue weighted by Crippen LogP contribution is -2.09. The summed E-state index contributed by atoms with van der Waals surface area (Å²) in [5.74, 6) is 0.433. The maximum Gasteiger partial charge on any atom is 0.338 e. The molecule has 0 amide bonds. The van der Waals surface area contributed by atoms with E-state index < -0.39 is 0 Å². The van der Waals surface area contributed by atoms with Crippen molar-refractivity contribution < 1.29 is 9.53 Å². The number of esters is 1. The second-order valence-corrected chi connectivity index (χ2v) is 6.31. The summed E-state index contributed by atoms with van der Waals surface area (Å²) >= 11 is 0. The Balaban J connectivity index is 1.99. The van der Waals surface area contributed by atoms with Crippen LogP contribution >= 0.6 is 0 Å². The van der Waals surface area contributed by atoms with Crippen molar-refractivity contribution >= 4 is 5.97 Å². The van der Waals surface area contributed by atoms with Gasteiger partial charge in [0.1, 0.15) is 0 Å². The zero-order chi connectivity index (χ0) is 16.0. The summed E-state index contributed by atoms with van der Waals surface area (Å²) in [6.45, 7) is 5.05. The van der Waals surface area contributed by atoms with E-state index in [0.717, 1.165) is 6.42 Å². The van der Waals surface area contributed by atoms with Crippen molar-refractivity contribution in [3.05, 3.63) is 35.9 Å². The number of ether oxygens (including phenoxy) is 1. The number of carbonyl (C=O) groups is 1. The van der Waals surface area contributed by atoms with Crippen LogP contribution in [-0.2, 0) is 4.74 Å².